The molecule has 0 aliphatic carbocycles. The van der Waals surface area contributed by atoms with Crippen LogP contribution in [0.1, 0.15) is 18.6 Å². The Labute approximate surface area is 135 Å². The molecule has 1 aromatic carbocycles. The van der Waals surface area contributed by atoms with Gasteiger partial charge >= 0.3 is 0 Å². The first-order valence-electron chi connectivity index (χ1n) is 7.95. The summed E-state index contributed by atoms with van der Waals surface area (Å²) >= 11 is 0. The highest BCUT2D eigenvalue weighted by atomic mass is 16.5. The van der Waals surface area contributed by atoms with E-state index < -0.39 is 0 Å². The highest BCUT2D eigenvalue weighted by Crippen LogP contribution is 2.28. The zero-order valence-electron chi connectivity index (χ0n) is 13.4. The number of piperidine rings is 1. The van der Waals surface area contributed by atoms with Gasteiger partial charge in [-0.15, -0.1) is 0 Å². The summed E-state index contributed by atoms with van der Waals surface area (Å²) < 4.78 is 11.2. The third-order valence-electron chi connectivity index (χ3n) is 4.31. The number of hydrogen-bond donors (Lipinski definition) is 2. The van der Waals surface area contributed by atoms with Crippen molar-refractivity contribution < 1.29 is 13.9 Å². The molecule has 23 heavy (non-hydrogen) atoms. The minimum atomic E-state index is -0.257. The topological polar surface area (TPSA) is 80.7 Å². The first kappa shape index (κ1) is 15.8. The first-order valence-corrected chi connectivity index (χ1v) is 7.95. The molecule has 6 heteroatoms. The van der Waals surface area contributed by atoms with Gasteiger partial charge in [-0.05, 0) is 25.0 Å². The lowest BCUT2D eigenvalue weighted by molar-refractivity contribution is -0.119. The van der Waals surface area contributed by atoms with Crippen molar-refractivity contribution in [3.8, 4) is 5.75 Å². The number of likely N-dealkylation sites (tertiary alicyclic amines) is 1. The molecule has 0 radical (unpaired) electrons. The molecule has 0 bridgehead atoms. The predicted octanol–water partition coefficient (Wildman–Crippen LogP) is 1.48. The van der Waals surface area contributed by atoms with Crippen LogP contribution in [0, 0.1) is 0 Å². The van der Waals surface area contributed by atoms with Gasteiger partial charge in [0.25, 0.3) is 0 Å². The maximum Gasteiger partial charge on any atom is 0.231 e. The number of nitrogens with zero attached hydrogens (tertiary/aromatic N) is 1. The Balaban J connectivity index is 1.54. The Bertz CT molecular complexity index is 675. The number of nitrogens with one attached hydrogen (secondary N) is 1. The quantitative estimate of drug-likeness (QED) is 0.843. The van der Waals surface area contributed by atoms with Crippen LogP contribution in [0.5, 0.6) is 5.75 Å². The number of amides is 1. The van der Waals surface area contributed by atoms with Crippen molar-refractivity contribution in [2.24, 2.45) is 5.73 Å². The summed E-state index contributed by atoms with van der Waals surface area (Å²) in [7, 11) is 1.65. The van der Waals surface area contributed by atoms with E-state index in [0.717, 1.165) is 48.4 Å². The van der Waals surface area contributed by atoms with Crippen LogP contribution in [0.15, 0.2) is 28.7 Å². The van der Waals surface area contributed by atoms with E-state index in [1.165, 1.54) is 0 Å². The number of carbonyl (C=O) groups is 1. The maximum absolute atomic E-state index is 10.9. The summed E-state index contributed by atoms with van der Waals surface area (Å²) in [5, 5.41) is 4.59. The van der Waals surface area contributed by atoms with Gasteiger partial charge in [-0.3, -0.25) is 9.69 Å². The predicted molar refractivity (Wildman–Crippen MR) is 88.3 cm³/mol. The Hall–Kier alpha value is -2.05. The number of benzene rings is 1. The third kappa shape index (κ3) is 3.83. The largest absolute Gasteiger partial charge is 0.493 e. The van der Waals surface area contributed by atoms with Crippen LogP contribution in [-0.4, -0.2) is 43.6 Å². The van der Waals surface area contributed by atoms with Gasteiger partial charge in [-0.1, -0.05) is 12.1 Å². The molecule has 0 saturated carbocycles. The summed E-state index contributed by atoms with van der Waals surface area (Å²) in [4.78, 5) is 13.0. The second kappa shape index (κ2) is 7.02. The molecule has 1 saturated heterocycles. The number of methoxy groups -OCH3 is 1. The molecule has 2 heterocycles. The van der Waals surface area contributed by atoms with Gasteiger partial charge < -0.3 is 20.2 Å². The number of fused-ring (bicyclic) bond motifs is 1. The summed E-state index contributed by atoms with van der Waals surface area (Å²) in [6.07, 6.45) is 2.02. The standard InChI is InChI=1S/C17H23N3O3/c1-22-15-4-2-3-12-9-14(23-17(12)15)10-19-13-5-7-20(8-6-13)11-16(18)21/h2-4,9,13,19H,5-8,10-11H2,1H3,(H2,18,21). The lowest BCUT2D eigenvalue weighted by Gasteiger charge is -2.31. The van der Waals surface area contributed by atoms with E-state index in [1.807, 2.05) is 24.3 Å². The van der Waals surface area contributed by atoms with Gasteiger partial charge in [-0.2, -0.15) is 0 Å². The Morgan fingerprint density at radius 3 is 2.91 bits per heavy atom. The van der Waals surface area contributed by atoms with E-state index in [0.29, 0.717) is 19.1 Å². The monoisotopic (exact) mass is 317 g/mol. The van der Waals surface area contributed by atoms with Crippen molar-refractivity contribution in [2.45, 2.75) is 25.4 Å². The number of carbonyl (C=O) groups excluding carboxylic acids is 1. The van der Waals surface area contributed by atoms with Crippen LogP contribution in [0.3, 0.4) is 0 Å². The first-order chi connectivity index (χ1) is 11.2. The highest BCUT2D eigenvalue weighted by Gasteiger charge is 2.20. The smallest absolute Gasteiger partial charge is 0.231 e. The molecule has 6 nitrogen and oxygen atoms in total. The Morgan fingerprint density at radius 2 is 2.22 bits per heavy atom. The molecule has 1 aliphatic rings. The minimum absolute atomic E-state index is 0.257. The van der Waals surface area contributed by atoms with Gasteiger partial charge in [0.1, 0.15) is 5.76 Å². The molecular weight excluding hydrogens is 294 g/mol. The maximum atomic E-state index is 10.9. The molecule has 3 rings (SSSR count). The van der Waals surface area contributed by atoms with Crippen LogP contribution in [0.25, 0.3) is 11.0 Å². The molecule has 0 spiro atoms. The number of rotatable bonds is 6. The highest BCUT2D eigenvalue weighted by molar-refractivity contribution is 5.83. The zero-order valence-corrected chi connectivity index (χ0v) is 13.4. The fourth-order valence-corrected chi connectivity index (χ4v) is 3.10. The molecule has 0 atom stereocenters. The summed E-state index contributed by atoms with van der Waals surface area (Å²) in [6.45, 7) is 2.84. The van der Waals surface area contributed by atoms with Gasteiger partial charge in [0.05, 0.1) is 20.2 Å². The SMILES string of the molecule is COc1cccc2cc(CNC3CCN(CC(N)=O)CC3)oc12. The van der Waals surface area contributed by atoms with E-state index in [-0.39, 0.29) is 5.91 Å². The van der Waals surface area contributed by atoms with Crippen molar-refractivity contribution in [1.29, 1.82) is 0 Å². The van der Waals surface area contributed by atoms with Crippen LogP contribution >= 0.6 is 0 Å². The van der Waals surface area contributed by atoms with Crippen molar-refractivity contribution in [3.05, 3.63) is 30.0 Å². The second-order valence-corrected chi connectivity index (χ2v) is 5.99. The van der Waals surface area contributed by atoms with E-state index in [1.54, 1.807) is 7.11 Å². The van der Waals surface area contributed by atoms with Gasteiger partial charge in [-0.25, -0.2) is 0 Å². The molecule has 1 aromatic heterocycles. The van der Waals surface area contributed by atoms with E-state index in [2.05, 4.69) is 10.2 Å². The number of ether oxygens (including phenoxy) is 1. The molecule has 2 aromatic rings. The van der Waals surface area contributed by atoms with E-state index >= 15 is 0 Å². The lowest BCUT2D eigenvalue weighted by atomic mass is 10.1. The molecule has 3 N–H and O–H groups in total. The molecule has 0 unspecified atom stereocenters. The zero-order chi connectivity index (χ0) is 16.2. The molecule has 1 amide bonds. The van der Waals surface area contributed by atoms with Gasteiger partial charge in [0, 0.05) is 24.5 Å². The average molecular weight is 317 g/mol. The minimum Gasteiger partial charge on any atom is -0.493 e. The van der Waals surface area contributed by atoms with Gasteiger partial charge in [0.15, 0.2) is 11.3 Å². The van der Waals surface area contributed by atoms with Crippen molar-refractivity contribution in [3.63, 3.8) is 0 Å². The van der Waals surface area contributed by atoms with Crippen molar-refractivity contribution in [2.75, 3.05) is 26.7 Å². The van der Waals surface area contributed by atoms with Crippen LogP contribution in [-0.2, 0) is 11.3 Å². The normalized spacial score (nSPS) is 16.7. The number of furan rings is 1. The Morgan fingerprint density at radius 1 is 1.43 bits per heavy atom. The van der Waals surface area contributed by atoms with E-state index in [4.69, 9.17) is 14.9 Å². The van der Waals surface area contributed by atoms with Gasteiger partial charge in [0.2, 0.25) is 5.91 Å². The van der Waals surface area contributed by atoms with Crippen LogP contribution in [0.4, 0.5) is 0 Å². The lowest BCUT2D eigenvalue weighted by Crippen LogP contribution is -2.45. The number of primary amides is 1. The van der Waals surface area contributed by atoms with E-state index in [9.17, 15) is 4.79 Å². The molecule has 124 valence electrons. The summed E-state index contributed by atoms with van der Waals surface area (Å²) in [5.74, 6) is 1.41. The fraction of sp³-hybridized carbons (Fsp3) is 0.471. The Kier molecular flexibility index (Phi) is 4.83. The average Bonchev–Trinajstić information content (AvgIpc) is 2.96. The van der Waals surface area contributed by atoms with Crippen molar-refractivity contribution >= 4 is 16.9 Å². The number of para-hydroxylation sites is 1. The summed E-state index contributed by atoms with van der Waals surface area (Å²) in [5.41, 5.74) is 6.03. The van der Waals surface area contributed by atoms with Crippen molar-refractivity contribution in [1.82, 2.24) is 10.2 Å². The summed E-state index contributed by atoms with van der Waals surface area (Å²) in [6, 6.07) is 8.37. The molecular formula is C17H23N3O3. The number of hydrogen-bond acceptors (Lipinski definition) is 5. The number of nitrogens with two attached hydrogens (primary N) is 1. The molecule has 1 aliphatic heterocycles. The fourth-order valence-electron chi connectivity index (χ4n) is 3.10. The molecule has 1 fully saturated rings. The van der Waals surface area contributed by atoms with Crippen LogP contribution < -0.4 is 15.8 Å². The van der Waals surface area contributed by atoms with Crippen LogP contribution in [0.2, 0.25) is 0 Å². The third-order valence-corrected chi connectivity index (χ3v) is 4.31. The second-order valence-electron chi connectivity index (χ2n) is 5.99.